The molecule has 6 nitrogen and oxygen atoms in total. The first kappa shape index (κ1) is 13.9. The van der Waals surface area contributed by atoms with Gasteiger partial charge in [0, 0.05) is 30.7 Å². The highest BCUT2D eigenvalue weighted by molar-refractivity contribution is 5.20. The van der Waals surface area contributed by atoms with Crippen molar-refractivity contribution < 1.29 is 0 Å². The van der Waals surface area contributed by atoms with E-state index < -0.39 is 0 Å². The second kappa shape index (κ2) is 6.13. The van der Waals surface area contributed by atoms with Gasteiger partial charge in [0.25, 0.3) is 0 Å². The molecule has 1 aliphatic heterocycles. The van der Waals surface area contributed by atoms with Crippen molar-refractivity contribution >= 4 is 5.95 Å². The molecule has 110 valence electrons. The maximum Gasteiger partial charge on any atom is 0.220 e. The highest BCUT2D eigenvalue weighted by Crippen LogP contribution is 2.30. The minimum absolute atomic E-state index is 0.297. The maximum atomic E-state index is 5.72. The number of hydrogen-bond donors (Lipinski definition) is 1. The Balaban J connectivity index is 1.79. The zero-order valence-corrected chi connectivity index (χ0v) is 12.2. The number of piperidine rings is 1. The van der Waals surface area contributed by atoms with E-state index >= 15 is 0 Å². The molecule has 0 spiro atoms. The van der Waals surface area contributed by atoms with Crippen molar-refractivity contribution in [2.45, 2.75) is 38.8 Å². The minimum Gasteiger partial charge on any atom is -0.368 e. The van der Waals surface area contributed by atoms with Crippen LogP contribution in [0, 0.1) is 6.92 Å². The van der Waals surface area contributed by atoms with Gasteiger partial charge in [-0.15, -0.1) is 0 Å². The van der Waals surface area contributed by atoms with Gasteiger partial charge in [0.15, 0.2) is 0 Å². The van der Waals surface area contributed by atoms with E-state index in [1.165, 1.54) is 12.8 Å². The summed E-state index contributed by atoms with van der Waals surface area (Å²) >= 11 is 0. The first-order valence-corrected chi connectivity index (χ1v) is 7.32. The molecular formula is C15H20N6. The maximum absolute atomic E-state index is 5.72. The molecule has 1 fully saturated rings. The quantitative estimate of drug-likeness (QED) is 0.927. The van der Waals surface area contributed by atoms with Gasteiger partial charge in [-0.1, -0.05) is 6.42 Å². The van der Waals surface area contributed by atoms with E-state index in [4.69, 9.17) is 5.73 Å². The molecule has 0 amide bonds. The molecule has 1 saturated heterocycles. The van der Waals surface area contributed by atoms with Crippen LogP contribution in [0.4, 0.5) is 5.95 Å². The molecule has 3 heterocycles. The normalized spacial score (nSPS) is 19.6. The summed E-state index contributed by atoms with van der Waals surface area (Å²) in [5.74, 6) is 1.15. The largest absolute Gasteiger partial charge is 0.368 e. The Morgan fingerprint density at radius 2 is 2.05 bits per heavy atom. The number of rotatable bonds is 3. The molecule has 0 saturated carbocycles. The van der Waals surface area contributed by atoms with Crippen molar-refractivity contribution in [3.8, 4) is 0 Å². The zero-order valence-electron chi connectivity index (χ0n) is 12.2. The van der Waals surface area contributed by atoms with Gasteiger partial charge in [-0.05, 0) is 32.4 Å². The Morgan fingerprint density at radius 1 is 1.24 bits per heavy atom. The second-order valence-corrected chi connectivity index (χ2v) is 5.46. The molecule has 0 radical (unpaired) electrons. The molecule has 2 N–H and O–H groups in total. The predicted molar refractivity (Wildman–Crippen MR) is 80.2 cm³/mol. The summed E-state index contributed by atoms with van der Waals surface area (Å²) in [7, 11) is 0. The van der Waals surface area contributed by atoms with Crippen molar-refractivity contribution in [1.29, 1.82) is 0 Å². The van der Waals surface area contributed by atoms with E-state index in [0.29, 0.717) is 12.0 Å². The fourth-order valence-corrected chi connectivity index (χ4v) is 2.82. The third-order valence-corrected chi connectivity index (χ3v) is 3.87. The topological polar surface area (TPSA) is 80.8 Å². The van der Waals surface area contributed by atoms with E-state index in [1.54, 1.807) is 6.20 Å². The molecule has 2 aromatic rings. The average molecular weight is 284 g/mol. The fourth-order valence-electron chi connectivity index (χ4n) is 2.82. The lowest BCUT2D eigenvalue weighted by molar-refractivity contribution is 0.137. The lowest BCUT2D eigenvalue weighted by Gasteiger charge is -2.35. The third-order valence-electron chi connectivity index (χ3n) is 3.87. The summed E-state index contributed by atoms with van der Waals surface area (Å²) in [6.07, 6.45) is 9.08. The van der Waals surface area contributed by atoms with E-state index in [1.807, 2.05) is 25.4 Å². The van der Waals surface area contributed by atoms with Gasteiger partial charge in [0.1, 0.15) is 5.82 Å². The number of nitrogens with zero attached hydrogens (tertiary/aromatic N) is 5. The number of likely N-dealkylation sites (tertiary alicyclic amines) is 1. The Bertz CT molecular complexity index is 597. The molecule has 0 aliphatic carbocycles. The molecule has 21 heavy (non-hydrogen) atoms. The van der Waals surface area contributed by atoms with E-state index in [0.717, 1.165) is 36.6 Å². The smallest absolute Gasteiger partial charge is 0.220 e. The van der Waals surface area contributed by atoms with Crippen LogP contribution in [0.15, 0.2) is 24.7 Å². The first-order chi connectivity index (χ1) is 10.2. The van der Waals surface area contributed by atoms with Crippen LogP contribution in [0.5, 0.6) is 0 Å². The van der Waals surface area contributed by atoms with Crippen LogP contribution >= 0.6 is 0 Å². The number of aryl methyl sites for hydroxylation is 1. The number of nitrogen functional groups attached to an aromatic ring is 1. The highest BCUT2D eigenvalue weighted by atomic mass is 15.2. The molecular weight excluding hydrogens is 264 g/mol. The monoisotopic (exact) mass is 284 g/mol. The zero-order chi connectivity index (χ0) is 14.7. The van der Waals surface area contributed by atoms with Crippen LogP contribution in [-0.4, -0.2) is 31.4 Å². The van der Waals surface area contributed by atoms with E-state index in [-0.39, 0.29) is 0 Å². The SMILES string of the molecule is Cc1ncc(CN2CCCC[C@H]2c2ccnc(N)n2)cn1. The Morgan fingerprint density at radius 3 is 2.81 bits per heavy atom. The molecule has 2 aromatic heterocycles. The van der Waals surface area contributed by atoms with Crippen LogP contribution in [0.3, 0.4) is 0 Å². The van der Waals surface area contributed by atoms with E-state index in [9.17, 15) is 0 Å². The van der Waals surface area contributed by atoms with Gasteiger partial charge in [-0.2, -0.15) is 0 Å². The minimum atomic E-state index is 0.297. The summed E-state index contributed by atoms with van der Waals surface area (Å²) in [6.45, 7) is 3.80. The predicted octanol–water partition coefficient (Wildman–Crippen LogP) is 1.88. The number of aromatic nitrogens is 4. The third kappa shape index (κ3) is 3.33. The van der Waals surface area contributed by atoms with Crippen LogP contribution in [0.25, 0.3) is 0 Å². The van der Waals surface area contributed by atoms with Crippen LogP contribution in [-0.2, 0) is 6.54 Å². The van der Waals surface area contributed by atoms with Crippen molar-refractivity contribution in [2.24, 2.45) is 0 Å². The summed E-state index contributed by atoms with van der Waals surface area (Å²) < 4.78 is 0. The van der Waals surface area contributed by atoms with Gasteiger partial charge in [0.2, 0.25) is 5.95 Å². The molecule has 1 atom stereocenters. The molecule has 0 unspecified atom stereocenters. The fraction of sp³-hybridized carbons (Fsp3) is 0.467. The van der Waals surface area contributed by atoms with Crippen molar-refractivity contribution in [3.05, 3.63) is 41.7 Å². The van der Waals surface area contributed by atoms with Crippen molar-refractivity contribution in [1.82, 2.24) is 24.8 Å². The number of hydrogen-bond acceptors (Lipinski definition) is 6. The molecule has 1 aliphatic rings. The first-order valence-electron chi connectivity index (χ1n) is 7.32. The Hall–Kier alpha value is -2.08. The summed E-state index contributed by atoms with van der Waals surface area (Å²) in [6, 6.07) is 2.26. The standard InChI is InChI=1S/C15H20N6/c1-11-18-8-12(9-19-11)10-21-7-3-2-4-14(21)13-5-6-17-15(16)20-13/h5-6,8-9,14H,2-4,7,10H2,1H3,(H2,16,17,20)/t14-/m0/s1. The van der Waals surface area contributed by atoms with Gasteiger partial charge in [-0.25, -0.2) is 19.9 Å². The van der Waals surface area contributed by atoms with Crippen molar-refractivity contribution in [2.75, 3.05) is 12.3 Å². The summed E-state index contributed by atoms with van der Waals surface area (Å²) in [5.41, 5.74) is 7.86. The van der Waals surface area contributed by atoms with Gasteiger partial charge < -0.3 is 5.73 Å². The number of anilines is 1. The van der Waals surface area contributed by atoms with Crippen LogP contribution in [0.1, 0.15) is 42.4 Å². The van der Waals surface area contributed by atoms with Crippen LogP contribution < -0.4 is 5.73 Å². The van der Waals surface area contributed by atoms with Crippen molar-refractivity contribution in [3.63, 3.8) is 0 Å². The molecule has 6 heteroatoms. The average Bonchev–Trinajstić information content (AvgIpc) is 2.50. The van der Waals surface area contributed by atoms with E-state index in [2.05, 4.69) is 24.8 Å². The lowest BCUT2D eigenvalue weighted by atomic mass is 9.98. The van der Waals surface area contributed by atoms with Gasteiger partial charge >= 0.3 is 0 Å². The molecule has 3 rings (SSSR count). The van der Waals surface area contributed by atoms with Gasteiger partial charge in [-0.3, -0.25) is 4.90 Å². The Labute approximate surface area is 124 Å². The number of nitrogens with two attached hydrogens (primary N) is 1. The summed E-state index contributed by atoms with van der Waals surface area (Å²) in [4.78, 5) is 19.4. The lowest BCUT2D eigenvalue weighted by Crippen LogP contribution is -2.33. The van der Waals surface area contributed by atoms with Gasteiger partial charge in [0.05, 0.1) is 11.7 Å². The summed E-state index contributed by atoms with van der Waals surface area (Å²) in [5, 5.41) is 0. The Kier molecular flexibility index (Phi) is 4.06. The second-order valence-electron chi connectivity index (χ2n) is 5.46. The molecule has 0 aromatic carbocycles. The molecule has 0 bridgehead atoms. The van der Waals surface area contributed by atoms with Crippen LogP contribution in [0.2, 0.25) is 0 Å². The highest BCUT2D eigenvalue weighted by Gasteiger charge is 2.25.